The molecule has 1 aromatic heterocycles. The minimum Gasteiger partial charge on any atom is -0.382 e. The molecule has 1 saturated carbocycles. The van der Waals surface area contributed by atoms with E-state index in [-0.39, 0.29) is 5.60 Å². The van der Waals surface area contributed by atoms with Crippen LogP contribution in [-0.4, -0.2) is 22.0 Å². The number of nitrogen functional groups attached to an aromatic ring is 1. The van der Waals surface area contributed by atoms with Gasteiger partial charge in [0, 0.05) is 12.8 Å². The van der Waals surface area contributed by atoms with Gasteiger partial charge >= 0.3 is 0 Å². The molecule has 2 aliphatic rings. The molecule has 1 aliphatic heterocycles. The van der Waals surface area contributed by atoms with E-state index in [0.29, 0.717) is 11.9 Å². The van der Waals surface area contributed by atoms with Gasteiger partial charge in [0.1, 0.15) is 5.82 Å². The highest BCUT2D eigenvalue weighted by Gasteiger charge is 2.40. The van der Waals surface area contributed by atoms with Gasteiger partial charge in [-0.1, -0.05) is 12.8 Å². The number of anilines is 1. The molecule has 1 unspecified atom stereocenters. The average Bonchev–Trinajstić information content (AvgIpc) is 2.89. The Hall–Kier alpha value is -1.03. The van der Waals surface area contributed by atoms with Gasteiger partial charge in [-0.3, -0.25) is 4.68 Å². The first kappa shape index (κ1) is 10.1. The lowest BCUT2D eigenvalue weighted by atomic mass is 9.89. The van der Waals surface area contributed by atoms with Crippen LogP contribution in [-0.2, 0) is 4.74 Å². The molecule has 0 bridgehead atoms. The summed E-state index contributed by atoms with van der Waals surface area (Å²) in [6.45, 7) is 0.866. The summed E-state index contributed by atoms with van der Waals surface area (Å²) in [6.07, 6.45) is 9.23. The van der Waals surface area contributed by atoms with Gasteiger partial charge in [-0.25, -0.2) is 0 Å². The van der Waals surface area contributed by atoms with E-state index in [1.807, 2.05) is 16.9 Å². The van der Waals surface area contributed by atoms with E-state index in [9.17, 15) is 0 Å². The highest BCUT2D eigenvalue weighted by Crippen LogP contribution is 2.43. The van der Waals surface area contributed by atoms with Gasteiger partial charge in [0.15, 0.2) is 0 Å². The first-order valence-electron chi connectivity index (χ1n) is 6.22. The topological polar surface area (TPSA) is 53.1 Å². The lowest BCUT2D eigenvalue weighted by molar-refractivity contribution is -0.0909. The van der Waals surface area contributed by atoms with Crippen molar-refractivity contribution in [2.45, 2.75) is 50.2 Å². The van der Waals surface area contributed by atoms with Gasteiger partial charge in [-0.2, -0.15) is 5.10 Å². The van der Waals surface area contributed by atoms with Crippen LogP contribution in [0.5, 0.6) is 0 Å². The molecule has 1 atom stereocenters. The van der Waals surface area contributed by atoms with Crippen molar-refractivity contribution in [3.8, 4) is 0 Å². The maximum atomic E-state index is 6.01. The highest BCUT2D eigenvalue weighted by molar-refractivity contribution is 5.24. The summed E-state index contributed by atoms with van der Waals surface area (Å²) in [6, 6.07) is 2.35. The zero-order chi connectivity index (χ0) is 11.0. The molecule has 4 heteroatoms. The predicted molar refractivity (Wildman–Crippen MR) is 62.1 cm³/mol. The number of nitrogens with zero attached hydrogens (tertiary/aromatic N) is 2. The van der Waals surface area contributed by atoms with Crippen molar-refractivity contribution in [1.82, 2.24) is 9.78 Å². The Labute approximate surface area is 95.8 Å². The third-order valence-electron chi connectivity index (χ3n) is 3.98. The third kappa shape index (κ3) is 1.71. The van der Waals surface area contributed by atoms with E-state index in [1.165, 1.54) is 25.7 Å². The summed E-state index contributed by atoms with van der Waals surface area (Å²) in [7, 11) is 0. The Morgan fingerprint density at radius 1 is 1.44 bits per heavy atom. The van der Waals surface area contributed by atoms with E-state index in [4.69, 9.17) is 10.5 Å². The molecule has 4 nitrogen and oxygen atoms in total. The quantitative estimate of drug-likeness (QED) is 0.790. The summed E-state index contributed by atoms with van der Waals surface area (Å²) in [4.78, 5) is 0. The third-order valence-corrected chi connectivity index (χ3v) is 3.98. The molecule has 88 valence electrons. The Bertz CT molecular complexity index is 368. The minimum absolute atomic E-state index is 0.156. The molecular formula is C12H19N3O. The van der Waals surface area contributed by atoms with Gasteiger partial charge in [-0.05, 0) is 31.7 Å². The molecule has 2 fully saturated rings. The summed E-state index contributed by atoms with van der Waals surface area (Å²) in [5, 5.41) is 4.33. The maximum Gasteiger partial charge on any atom is 0.145 e. The molecule has 1 saturated heterocycles. The summed E-state index contributed by atoms with van der Waals surface area (Å²) in [5.74, 6) is 0.618. The van der Waals surface area contributed by atoms with E-state index >= 15 is 0 Å². The van der Waals surface area contributed by atoms with Crippen LogP contribution < -0.4 is 5.73 Å². The largest absolute Gasteiger partial charge is 0.382 e. The Morgan fingerprint density at radius 2 is 2.25 bits per heavy atom. The van der Waals surface area contributed by atoms with Crippen molar-refractivity contribution in [3.63, 3.8) is 0 Å². The predicted octanol–water partition coefficient (Wildman–Crippen LogP) is 2.13. The molecule has 2 N–H and O–H groups in total. The molecule has 0 radical (unpaired) electrons. The van der Waals surface area contributed by atoms with Crippen LogP contribution >= 0.6 is 0 Å². The fourth-order valence-corrected chi connectivity index (χ4v) is 3.15. The second kappa shape index (κ2) is 3.77. The Balaban J connectivity index is 1.77. The minimum atomic E-state index is 0.156. The summed E-state index contributed by atoms with van der Waals surface area (Å²) in [5.41, 5.74) is 5.82. The van der Waals surface area contributed by atoms with Crippen molar-refractivity contribution in [2.75, 3.05) is 12.3 Å². The molecule has 3 rings (SSSR count). The summed E-state index contributed by atoms with van der Waals surface area (Å²) >= 11 is 0. The second-order valence-corrected chi connectivity index (χ2v) is 5.11. The van der Waals surface area contributed by atoms with Crippen LogP contribution in [0.1, 0.15) is 44.6 Å². The van der Waals surface area contributed by atoms with Crippen LogP contribution in [0.2, 0.25) is 0 Å². The number of hydrogen-bond acceptors (Lipinski definition) is 3. The molecule has 2 heterocycles. The average molecular weight is 221 g/mol. The number of aromatic nitrogens is 2. The first-order valence-corrected chi connectivity index (χ1v) is 6.22. The van der Waals surface area contributed by atoms with Gasteiger partial charge in [-0.15, -0.1) is 0 Å². The van der Waals surface area contributed by atoms with E-state index < -0.39 is 0 Å². The number of rotatable bonds is 1. The molecule has 16 heavy (non-hydrogen) atoms. The monoisotopic (exact) mass is 221 g/mol. The van der Waals surface area contributed by atoms with E-state index in [1.54, 1.807) is 0 Å². The van der Waals surface area contributed by atoms with E-state index in [0.717, 1.165) is 19.4 Å². The van der Waals surface area contributed by atoms with Gasteiger partial charge in [0.25, 0.3) is 0 Å². The highest BCUT2D eigenvalue weighted by atomic mass is 16.5. The molecular weight excluding hydrogens is 202 g/mol. The van der Waals surface area contributed by atoms with Crippen LogP contribution in [0.4, 0.5) is 5.82 Å². The van der Waals surface area contributed by atoms with Crippen molar-refractivity contribution >= 4 is 5.82 Å². The van der Waals surface area contributed by atoms with Crippen molar-refractivity contribution in [3.05, 3.63) is 12.3 Å². The molecule has 1 aliphatic carbocycles. The zero-order valence-electron chi connectivity index (χ0n) is 9.56. The summed E-state index contributed by atoms with van der Waals surface area (Å²) < 4.78 is 8.04. The zero-order valence-corrected chi connectivity index (χ0v) is 9.56. The molecule has 0 amide bonds. The SMILES string of the molecule is Nc1ccn(C2CCOC3(CCCC3)C2)n1. The molecule has 0 aromatic carbocycles. The lowest BCUT2D eigenvalue weighted by Crippen LogP contribution is -2.38. The maximum absolute atomic E-state index is 6.01. The van der Waals surface area contributed by atoms with Crippen LogP contribution in [0.3, 0.4) is 0 Å². The smallest absolute Gasteiger partial charge is 0.145 e. The fraction of sp³-hybridized carbons (Fsp3) is 0.750. The molecule has 1 aromatic rings. The van der Waals surface area contributed by atoms with Gasteiger partial charge in [0.05, 0.1) is 11.6 Å². The molecule has 1 spiro atoms. The fourth-order valence-electron chi connectivity index (χ4n) is 3.15. The number of nitrogens with two attached hydrogens (primary N) is 1. The second-order valence-electron chi connectivity index (χ2n) is 5.11. The van der Waals surface area contributed by atoms with Crippen LogP contribution in [0, 0.1) is 0 Å². The van der Waals surface area contributed by atoms with Crippen molar-refractivity contribution < 1.29 is 4.74 Å². The normalized spacial score (nSPS) is 28.6. The van der Waals surface area contributed by atoms with Crippen LogP contribution in [0.25, 0.3) is 0 Å². The number of ether oxygens (including phenoxy) is 1. The Morgan fingerprint density at radius 3 is 2.94 bits per heavy atom. The van der Waals surface area contributed by atoms with E-state index in [2.05, 4.69) is 5.10 Å². The van der Waals surface area contributed by atoms with Crippen molar-refractivity contribution in [2.24, 2.45) is 0 Å². The first-order chi connectivity index (χ1) is 7.77. The lowest BCUT2D eigenvalue weighted by Gasteiger charge is -2.38. The van der Waals surface area contributed by atoms with Crippen LogP contribution in [0.15, 0.2) is 12.3 Å². The van der Waals surface area contributed by atoms with Gasteiger partial charge < -0.3 is 10.5 Å². The van der Waals surface area contributed by atoms with Gasteiger partial charge in [0.2, 0.25) is 0 Å². The standard InChI is InChI=1S/C12H19N3O/c13-11-3-7-15(14-11)10-4-8-16-12(9-10)5-1-2-6-12/h3,7,10H,1-2,4-6,8-9H2,(H2,13,14). The van der Waals surface area contributed by atoms with Crippen molar-refractivity contribution in [1.29, 1.82) is 0 Å². The number of hydrogen-bond donors (Lipinski definition) is 1. The Kier molecular flexibility index (Phi) is 2.39.